The minimum atomic E-state index is -2.14. The summed E-state index contributed by atoms with van der Waals surface area (Å²) in [5.74, 6) is 0. The van der Waals surface area contributed by atoms with Gasteiger partial charge in [0.05, 0.1) is 0 Å². The van der Waals surface area contributed by atoms with Gasteiger partial charge in [-0.05, 0) is 0 Å². The second kappa shape index (κ2) is 4.20. The van der Waals surface area contributed by atoms with E-state index in [9.17, 15) is 8.76 Å². The van der Waals surface area contributed by atoms with Crippen molar-refractivity contribution in [2.45, 2.75) is 4.34 Å². The number of aromatic nitrogens is 1. The van der Waals surface area contributed by atoms with Crippen LogP contribution < -0.4 is 18.9 Å². The van der Waals surface area contributed by atoms with Gasteiger partial charge in [-0.25, -0.2) is 4.98 Å². The summed E-state index contributed by atoms with van der Waals surface area (Å²) in [7, 11) is 0. The molecule has 6 heteroatoms. The first-order chi connectivity index (χ1) is 3.80. The molecule has 0 amide bonds. The van der Waals surface area contributed by atoms with E-state index in [0.29, 0.717) is 0 Å². The first-order valence-corrected chi connectivity index (χ1v) is 3.75. The van der Waals surface area contributed by atoms with E-state index in [2.05, 4.69) is 4.98 Å². The van der Waals surface area contributed by atoms with E-state index in [0.717, 1.165) is 11.3 Å². The summed E-state index contributed by atoms with van der Waals surface area (Å²) in [4.78, 5) is 3.52. The molecular formula is C3H2LiNO2S2. The molecule has 9 heavy (non-hydrogen) atoms. The van der Waals surface area contributed by atoms with Crippen LogP contribution in [0.15, 0.2) is 15.9 Å². The predicted molar refractivity (Wildman–Crippen MR) is 29.3 cm³/mol. The SMILES string of the molecule is O=S([O-])c1nccs1.[Li+]. The maximum Gasteiger partial charge on any atom is 1.00 e. The zero-order chi connectivity index (χ0) is 5.98. The van der Waals surface area contributed by atoms with Gasteiger partial charge in [0.2, 0.25) is 0 Å². The number of hydrogen-bond donors (Lipinski definition) is 0. The van der Waals surface area contributed by atoms with Crippen LogP contribution in [0.5, 0.6) is 0 Å². The molecule has 1 heterocycles. The third-order valence-electron chi connectivity index (χ3n) is 0.552. The third-order valence-corrected chi connectivity index (χ3v) is 2.20. The molecule has 0 bridgehead atoms. The Bertz CT molecular complexity index is 188. The smallest absolute Gasteiger partial charge is 0.767 e. The molecule has 1 unspecified atom stereocenters. The second-order valence-corrected chi connectivity index (χ2v) is 3.04. The second-order valence-electron chi connectivity index (χ2n) is 1.03. The van der Waals surface area contributed by atoms with E-state index in [4.69, 9.17) is 0 Å². The fraction of sp³-hybridized carbons (Fsp3) is 0. The summed E-state index contributed by atoms with van der Waals surface area (Å²) >= 11 is -1.03. The first kappa shape index (κ1) is 9.34. The van der Waals surface area contributed by atoms with Gasteiger partial charge in [0, 0.05) is 22.7 Å². The number of thiazole rings is 1. The molecule has 0 saturated heterocycles. The van der Waals surface area contributed by atoms with Crippen molar-refractivity contribution < 1.29 is 27.6 Å². The Kier molecular flexibility index (Phi) is 4.36. The zero-order valence-electron chi connectivity index (χ0n) is 4.73. The Labute approximate surface area is 71.0 Å². The van der Waals surface area contributed by atoms with E-state index >= 15 is 0 Å². The van der Waals surface area contributed by atoms with Gasteiger partial charge in [0.15, 0.2) is 4.34 Å². The van der Waals surface area contributed by atoms with Gasteiger partial charge < -0.3 is 4.55 Å². The van der Waals surface area contributed by atoms with Crippen LogP contribution in [0.3, 0.4) is 0 Å². The Balaban J connectivity index is 0.000000640. The molecule has 0 aromatic carbocycles. The summed E-state index contributed by atoms with van der Waals surface area (Å²) < 4.78 is 20.2. The van der Waals surface area contributed by atoms with Crippen molar-refractivity contribution in [2.24, 2.45) is 0 Å². The van der Waals surface area contributed by atoms with Crippen molar-refractivity contribution in [3.63, 3.8) is 0 Å². The molecule has 0 aliphatic heterocycles. The summed E-state index contributed by atoms with van der Waals surface area (Å²) in [5.41, 5.74) is 0. The number of rotatable bonds is 1. The molecule has 1 aromatic heterocycles. The van der Waals surface area contributed by atoms with Gasteiger partial charge in [-0.1, -0.05) is 0 Å². The van der Waals surface area contributed by atoms with Crippen LogP contribution in [0.1, 0.15) is 0 Å². The molecule has 0 radical (unpaired) electrons. The molecule has 1 aromatic rings. The Hall–Kier alpha value is 0.337. The van der Waals surface area contributed by atoms with E-state index in [-0.39, 0.29) is 23.2 Å². The van der Waals surface area contributed by atoms with Gasteiger partial charge in [0.1, 0.15) is 0 Å². The summed E-state index contributed by atoms with van der Waals surface area (Å²) in [5, 5.41) is 1.62. The molecule has 0 fully saturated rings. The van der Waals surface area contributed by atoms with Crippen molar-refractivity contribution >= 4 is 22.4 Å². The first-order valence-electron chi connectivity index (χ1n) is 1.79. The Morgan fingerprint density at radius 1 is 1.78 bits per heavy atom. The quantitative estimate of drug-likeness (QED) is 0.329. The van der Waals surface area contributed by atoms with Gasteiger partial charge in [-0.2, -0.15) is 0 Å². The van der Waals surface area contributed by atoms with E-state index < -0.39 is 11.1 Å². The van der Waals surface area contributed by atoms with E-state index in [1.807, 2.05) is 0 Å². The van der Waals surface area contributed by atoms with Crippen LogP contribution >= 0.6 is 11.3 Å². The van der Waals surface area contributed by atoms with Gasteiger partial charge in [-0.15, -0.1) is 11.3 Å². The van der Waals surface area contributed by atoms with Gasteiger partial charge in [0.25, 0.3) is 0 Å². The standard InChI is InChI=1S/C3H3NO2S2.Li/c5-8(6)3-4-1-2-7-3;/h1-2H,(H,5,6);/q;+1/p-1. The van der Waals surface area contributed by atoms with Crippen LogP contribution in [0.2, 0.25) is 0 Å². The predicted octanol–water partition coefficient (Wildman–Crippen LogP) is -2.61. The molecule has 0 saturated carbocycles. The molecular weight excluding hydrogens is 153 g/mol. The van der Waals surface area contributed by atoms with Crippen LogP contribution in [-0.4, -0.2) is 13.7 Å². The average Bonchev–Trinajstić information content (AvgIpc) is 2.12. The Morgan fingerprint density at radius 2 is 2.44 bits per heavy atom. The van der Waals surface area contributed by atoms with Crippen LogP contribution in [0.4, 0.5) is 0 Å². The zero-order valence-corrected chi connectivity index (χ0v) is 6.37. The maximum absolute atomic E-state index is 10.0. The maximum atomic E-state index is 10.0. The van der Waals surface area contributed by atoms with Crippen molar-refractivity contribution in [1.29, 1.82) is 0 Å². The summed E-state index contributed by atoms with van der Waals surface area (Å²) in [6.07, 6.45) is 1.45. The van der Waals surface area contributed by atoms with Crippen molar-refractivity contribution in [1.82, 2.24) is 4.98 Å². The fourth-order valence-electron chi connectivity index (χ4n) is 0.293. The van der Waals surface area contributed by atoms with Crippen molar-refractivity contribution in [3.8, 4) is 0 Å². The largest absolute Gasteiger partial charge is 1.00 e. The molecule has 0 aliphatic rings. The van der Waals surface area contributed by atoms with E-state index in [1.165, 1.54) is 6.20 Å². The monoisotopic (exact) mass is 155 g/mol. The normalized spacial score (nSPS) is 12.1. The third kappa shape index (κ3) is 2.61. The summed E-state index contributed by atoms with van der Waals surface area (Å²) in [6.45, 7) is 0. The molecule has 0 N–H and O–H groups in total. The minimum Gasteiger partial charge on any atom is -0.767 e. The van der Waals surface area contributed by atoms with Gasteiger partial charge >= 0.3 is 18.9 Å². The minimum absolute atomic E-state index is 0. The molecule has 44 valence electrons. The van der Waals surface area contributed by atoms with Crippen molar-refractivity contribution in [2.75, 3.05) is 0 Å². The molecule has 1 atom stereocenters. The molecule has 3 nitrogen and oxygen atoms in total. The van der Waals surface area contributed by atoms with Crippen LogP contribution in [-0.2, 0) is 11.1 Å². The molecule has 0 aliphatic carbocycles. The van der Waals surface area contributed by atoms with Crippen molar-refractivity contribution in [3.05, 3.63) is 11.6 Å². The molecule has 1 rings (SSSR count). The summed E-state index contributed by atoms with van der Waals surface area (Å²) in [6, 6.07) is 0. The molecule has 0 spiro atoms. The number of hydrogen-bond acceptors (Lipinski definition) is 4. The fourth-order valence-corrected chi connectivity index (χ4v) is 1.28. The average molecular weight is 155 g/mol. The van der Waals surface area contributed by atoms with Crippen LogP contribution in [0.25, 0.3) is 0 Å². The van der Waals surface area contributed by atoms with Crippen LogP contribution in [0, 0.1) is 0 Å². The topological polar surface area (TPSA) is 53.0 Å². The number of nitrogens with zero attached hydrogens (tertiary/aromatic N) is 1. The van der Waals surface area contributed by atoms with E-state index in [1.54, 1.807) is 5.38 Å². The Morgan fingerprint density at radius 3 is 2.67 bits per heavy atom. The van der Waals surface area contributed by atoms with Gasteiger partial charge in [-0.3, -0.25) is 4.21 Å².